The van der Waals surface area contributed by atoms with E-state index in [-0.39, 0.29) is 5.91 Å². The largest absolute Gasteiger partial charge is 0.339 e. The van der Waals surface area contributed by atoms with Crippen LogP contribution in [-0.2, 0) is 11.3 Å². The number of amides is 1. The summed E-state index contributed by atoms with van der Waals surface area (Å²) in [6.45, 7) is 5.61. The van der Waals surface area contributed by atoms with Crippen LogP contribution >= 0.6 is 0 Å². The van der Waals surface area contributed by atoms with E-state index in [2.05, 4.69) is 22.4 Å². The van der Waals surface area contributed by atoms with Crippen molar-refractivity contribution in [2.24, 2.45) is 0 Å². The molecule has 0 radical (unpaired) electrons. The molecule has 6 nitrogen and oxygen atoms in total. The quantitative estimate of drug-likeness (QED) is 0.700. The van der Waals surface area contributed by atoms with E-state index in [4.69, 9.17) is 0 Å². The van der Waals surface area contributed by atoms with E-state index in [1.807, 2.05) is 21.8 Å². The molecular formula is C12H21N5O. The number of aromatic nitrogens is 2. The van der Waals surface area contributed by atoms with Gasteiger partial charge in [-0.3, -0.25) is 9.48 Å². The van der Waals surface area contributed by atoms with Crippen molar-refractivity contribution in [1.29, 1.82) is 0 Å². The Morgan fingerprint density at radius 2 is 2.11 bits per heavy atom. The molecule has 0 spiro atoms. The molecule has 100 valence electrons. The van der Waals surface area contributed by atoms with E-state index in [9.17, 15) is 4.79 Å². The minimum atomic E-state index is 0.198. The van der Waals surface area contributed by atoms with Crippen LogP contribution in [0.25, 0.3) is 0 Å². The summed E-state index contributed by atoms with van der Waals surface area (Å²) >= 11 is 0. The first-order valence-corrected chi connectivity index (χ1v) is 6.40. The zero-order chi connectivity index (χ0) is 12.8. The molecule has 18 heavy (non-hydrogen) atoms. The summed E-state index contributed by atoms with van der Waals surface area (Å²) in [7, 11) is 2.09. The van der Waals surface area contributed by atoms with Crippen LogP contribution in [0.3, 0.4) is 0 Å². The predicted molar refractivity (Wildman–Crippen MR) is 69.2 cm³/mol. The van der Waals surface area contributed by atoms with Crippen LogP contribution in [0.5, 0.6) is 0 Å². The SMILES string of the molecule is CN1CCN(C(=O)CNCCn2cccn2)CC1. The Morgan fingerprint density at radius 3 is 2.78 bits per heavy atom. The summed E-state index contributed by atoms with van der Waals surface area (Å²) in [6.07, 6.45) is 3.68. The van der Waals surface area contributed by atoms with Gasteiger partial charge in [-0.25, -0.2) is 0 Å². The van der Waals surface area contributed by atoms with Crippen molar-refractivity contribution in [1.82, 2.24) is 24.9 Å². The zero-order valence-electron chi connectivity index (χ0n) is 10.9. The van der Waals surface area contributed by atoms with E-state index < -0.39 is 0 Å². The van der Waals surface area contributed by atoms with Crippen LogP contribution in [0.4, 0.5) is 0 Å². The number of carbonyl (C=O) groups excluding carboxylic acids is 1. The summed E-state index contributed by atoms with van der Waals surface area (Å²) in [5.41, 5.74) is 0. The van der Waals surface area contributed by atoms with E-state index in [0.717, 1.165) is 39.3 Å². The molecule has 1 aromatic heterocycles. The Hall–Kier alpha value is -1.40. The van der Waals surface area contributed by atoms with Crippen molar-refractivity contribution in [3.05, 3.63) is 18.5 Å². The molecule has 0 bridgehead atoms. The van der Waals surface area contributed by atoms with Crippen molar-refractivity contribution in [3.8, 4) is 0 Å². The maximum absolute atomic E-state index is 11.9. The molecule has 0 atom stereocenters. The highest BCUT2D eigenvalue weighted by Gasteiger charge is 2.18. The fourth-order valence-electron chi connectivity index (χ4n) is 1.99. The van der Waals surface area contributed by atoms with Gasteiger partial charge in [0.1, 0.15) is 0 Å². The van der Waals surface area contributed by atoms with Crippen molar-refractivity contribution < 1.29 is 4.79 Å². The fraction of sp³-hybridized carbons (Fsp3) is 0.667. The number of rotatable bonds is 5. The summed E-state index contributed by atoms with van der Waals surface area (Å²) in [4.78, 5) is 16.1. The topological polar surface area (TPSA) is 53.4 Å². The van der Waals surface area contributed by atoms with Crippen LogP contribution in [0.15, 0.2) is 18.5 Å². The van der Waals surface area contributed by atoms with Crippen LogP contribution in [0.1, 0.15) is 0 Å². The minimum absolute atomic E-state index is 0.198. The summed E-state index contributed by atoms with van der Waals surface area (Å²) in [5, 5.41) is 7.27. The fourth-order valence-corrected chi connectivity index (χ4v) is 1.99. The Labute approximate surface area is 108 Å². The second kappa shape index (κ2) is 6.51. The van der Waals surface area contributed by atoms with Crippen LogP contribution < -0.4 is 5.32 Å². The van der Waals surface area contributed by atoms with Gasteiger partial charge >= 0.3 is 0 Å². The number of likely N-dealkylation sites (N-methyl/N-ethyl adjacent to an activating group) is 1. The number of piperazine rings is 1. The molecule has 1 aromatic rings. The zero-order valence-corrected chi connectivity index (χ0v) is 10.9. The van der Waals surface area contributed by atoms with E-state index in [0.29, 0.717) is 6.54 Å². The van der Waals surface area contributed by atoms with Crippen molar-refractivity contribution in [2.75, 3.05) is 46.3 Å². The van der Waals surface area contributed by atoms with Gasteiger partial charge in [0, 0.05) is 45.1 Å². The molecule has 1 aliphatic rings. The van der Waals surface area contributed by atoms with Crippen molar-refractivity contribution in [3.63, 3.8) is 0 Å². The third-order valence-electron chi connectivity index (χ3n) is 3.21. The number of hydrogen-bond donors (Lipinski definition) is 1. The van der Waals surface area contributed by atoms with Gasteiger partial charge in [0.25, 0.3) is 0 Å². The molecule has 1 saturated heterocycles. The van der Waals surface area contributed by atoms with Crippen molar-refractivity contribution >= 4 is 5.91 Å². The van der Waals surface area contributed by atoms with Gasteiger partial charge in [-0.05, 0) is 13.1 Å². The van der Waals surface area contributed by atoms with Gasteiger partial charge in [0.15, 0.2) is 0 Å². The van der Waals surface area contributed by atoms with E-state index >= 15 is 0 Å². The van der Waals surface area contributed by atoms with Gasteiger partial charge < -0.3 is 15.1 Å². The molecule has 1 fully saturated rings. The lowest BCUT2D eigenvalue weighted by Crippen LogP contribution is -2.49. The Morgan fingerprint density at radius 1 is 1.33 bits per heavy atom. The smallest absolute Gasteiger partial charge is 0.236 e. The molecular weight excluding hydrogens is 230 g/mol. The van der Waals surface area contributed by atoms with Crippen LogP contribution in [-0.4, -0.2) is 71.8 Å². The molecule has 0 aliphatic carbocycles. The van der Waals surface area contributed by atoms with E-state index in [1.54, 1.807) is 6.20 Å². The first kappa shape index (κ1) is 13.0. The lowest BCUT2D eigenvalue weighted by molar-refractivity contribution is -0.131. The molecule has 0 saturated carbocycles. The molecule has 2 rings (SSSR count). The van der Waals surface area contributed by atoms with Gasteiger partial charge in [-0.1, -0.05) is 0 Å². The molecule has 0 aromatic carbocycles. The third-order valence-corrected chi connectivity index (χ3v) is 3.21. The Balaban J connectivity index is 1.60. The minimum Gasteiger partial charge on any atom is -0.339 e. The monoisotopic (exact) mass is 251 g/mol. The van der Waals surface area contributed by atoms with Crippen molar-refractivity contribution in [2.45, 2.75) is 6.54 Å². The highest BCUT2D eigenvalue weighted by atomic mass is 16.2. The predicted octanol–water partition coefficient (Wildman–Crippen LogP) is -0.753. The van der Waals surface area contributed by atoms with Gasteiger partial charge in [-0.15, -0.1) is 0 Å². The van der Waals surface area contributed by atoms with Gasteiger partial charge in [-0.2, -0.15) is 5.10 Å². The summed E-state index contributed by atoms with van der Waals surface area (Å²) < 4.78 is 1.85. The molecule has 0 unspecified atom stereocenters. The van der Waals surface area contributed by atoms with Crippen LogP contribution in [0.2, 0.25) is 0 Å². The maximum Gasteiger partial charge on any atom is 0.236 e. The standard InChI is InChI=1S/C12H21N5O/c1-15-7-9-16(10-8-15)12(18)11-13-4-6-17-5-2-3-14-17/h2-3,5,13H,4,6-11H2,1H3. The Kier molecular flexibility index (Phi) is 4.72. The number of carbonyl (C=O) groups is 1. The third kappa shape index (κ3) is 3.82. The molecule has 6 heteroatoms. The first-order valence-electron chi connectivity index (χ1n) is 6.40. The van der Waals surface area contributed by atoms with Gasteiger partial charge in [0.05, 0.1) is 13.1 Å². The van der Waals surface area contributed by atoms with E-state index in [1.165, 1.54) is 0 Å². The lowest BCUT2D eigenvalue weighted by atomic mass is 10.3. The maximum atomic E-state index is 11.9. The summed E-state index contributed by atoms with van der Waals surface area (Å²) in [6, 6.07) is 1.90. The van der Waals surface area contributed by atoms with Gasteiger partial charge in [0.2, 0.25) is 5.91 Å². The number of hydrogen-bond acceptors (Lipinski definition) is 4. The van der Waals surface area contributed by atoms with Crippen LogP contribution in [0, 0.1) is 0 Å². The number of nitrogens with zero attached hydrogens (tertiary/aromatic N) is 4. The highest BCUT2D eigenvalue weighted by molar-refractivity contribution is 5.78. The molecule has 1 N–H and O–H groups in total. The highest BCUT2D eigenvalue weighted by Crippen LogP contribution is 1.98. The molecule has 1 aliphatic heterocycles. The normalized spacial score (nSPS) is 17.1. The molecule has 2 heterocycles. The second-order valence-corrected chi connectivity index (χ2v) is 4.63. The first-order chi connectivity index (χ1) is 8.75. The average Bonchev–Trinajstić information content (AvgIpc) is 2.88. The Bertz CT molecular complexity index is 357. The summed E-state index contributed by atoms with van der Waals surface area (Å²) in [5.74, 6) is 0.198. The second-order valence-electron chi connectivity index (χ2n) is 4.63. The lowest BCUT2D eigenvalue weighted by Gasteiger charge is -2.32. The number of nitrogens with one attached hydrogen (secondary N) is 1. The molecule has 1 amide bonds. The average molecular weight is 251 g/mol.